The quantitative estimate of drug-likeness (QED) is 0.277. The number of carbonyl (C=O) groups is 3. The minimum absolute atomic E-state index is 0.00387. The molecule has 0 saturated carbocycles. The number of nitro groups is 1. The summed E-state index contributed by atoms with van der Waals surface area (Å²) in [6.45, 7) is -0.470. The van der Waals surface area contributed by atoms with Crippen LogP contribution < -0.4 is 10.2 Å². The van der Waals surface area contributed by atoms with E-state index in [-0.39, 0.29) is 20.5 Å². The Kier molecular flexibility index (Phi) is 6.62. The number of thiocarbonyl (C=S) groups is 1. The summed E-state index contributed by atoms with van der Waals surface area (Å²) in [7, 11) is 0. The molecule has 10 nitrogen and oxygen atoms in total. The molecule has 12 heteroatoms. The van der Waals surface area contributed by atoms with Crippen LogP contribution in [0.25, 0.3) is 6.08 Å². The Bertz CT molecular complexity index is 1120. The Morgan fingerprint density at radius 1 is 1.26 bits per heavy atom. The minimum Gasteiger partial charge on any atom is -0.482 e. The number of hydrogen-bond donors (Lipinski definition) is 2. The number of hydrogen-bond acceptors (Lipinski definition) is 8. The molecule has 0 spiro atoms. The smallest absolute Gasteiger partial charge is 0.341 e. The van der Waals surface area contributed by atoms with Gasteiger partial charge in [-0.25, -0.2) is 4.79 Å². The standard InChI is InChI=1S/C19H13N3O7S2/c23-16(24)10-29-14-6-4-11(5-7-14)8-15-18(26)21(19(30)31-15)20-17(25)12-2-1-3-13(9-12)22(27)28/h1-9H,10H2,(H,20,25)(H,23,24)/b15-8+. The molecule has 2 amide bonds. The molecule has 1 heterocycles. The monoisotopic (exact) mass is 459 g/mol. The van der Waals surface area contributed by atoms with Crippen LogP contribution in [0.3, 0.4) is 0 Å². The van der Waals surface area contributed by atoms with E-state index in [0.29, 0.717) is 11.3 Å². The highest BCUT2D eigenvalue weighted by atomic mass is 32.2. The van der Waals surface area contributed by atoms with E-state index in [1.165, 1.54) is 18.2 Å². The summed E-state index contributed by atoms with van der Waals surface area (Å²) in [5.74, 6) is -2.02. The van der Waals surface area contributed by atoms with Crippen molar-refractivity contribution in [2.24, 2.45) is 0 Å². The number of hydrazine groups is 1. The number of rotatable bonds is 7. The molecule has 1 fully saturated rings. The predicted molar refractivity (Wildman–Crippen MR) is 115 cm³/mol. The molecule has 2 N–H and O–H groups in total. The van der Waals surface area contributed by atoms with Crippen LogP contribution in [0.15, 0.2) is 53.4 Å². The van der Waals surface area contributed by atoms with Crippen molar-refractivity contribution in [2.45, 2.75) is 0 Å². The van der Waals surface area contributed by atoms with Gasteiger partial charge in [-0.05, 0) is 42.1 Å². The van der Waals surface area contributed by atoms with Crippen LogP contribution in [0, 0.1) is 10.1 Å². The summed E-state index contributed by atoms with van der Waals surface area (Å²) in [6, 6.07) is 11.5. The van der Waals surface area contributed by atoms with Crippen LogP contribution in [0.1, 0.15) is 15.9 Å². The number of benzene rings is 2. The fraction of sp³-hybridized carbons (Fsp3) is 0.0526. The fourth-order valence-corrected chi connectivity index (χ4v) is 3.63. The number of nitro benzene ring substituents is 1. The molecule has 0 aliphatic carbocycles. The lowest BCUT2D eigenvalue weighted by molar-refractivity contribution is -0.384. The predicted octanol–water partition coefficient (Wildman–Crippen LogP) is 2.60. The molecule has 1 saturated heterocycles. The number of carboxylic acid groups (broad SMARTS) is 1. The van der Waals surface area contributed by atoms with E-state index in [4.69, 9.17) is 22.1 Å². The van der Waals surface area contributed by atoms with E-state index in [9.17, 15) is 24.5 Å². The molecule has 0 unspecified atom stereocenters. The number of carboxylic acids is 1. The average molecular weight is 459 g/mol. The topological polar surface area (TPSA) is 139 Å². The normalized spacial score (nSPS) is 14.6. The second-order valence-electron chi connectivity index (χ2n) is 6.02. The molecule has 1 aliphatic rings. The number of aliphatic carboxylic acids is 1. The first-order chi connectivity index (χ1) is 14.7. The second kappa shape index (κ2) is 9.36. The molecule has 3 rings (SSSR count). The highest BCUT2D eigenvalue weighted by molar-refractivity contribution is 8.26. The Hall–Kier alpha value is -3.77. The third-order valence-corrected chi connectivity index (χ3v) is 5.17. The van der Waals surface area contributed by atoms with Gasteiger partial charge in [-0.15, -0.1) is 0 Å². The third kappa shape index (κ3) is 5.43. The number of non-ortho nitro benzene ring substituents is 1. The maximum absolute atomic E-state index is 12.6. The molecule has 1 aliphatic heterocycles. The second-order valence-corrected chi connectivity index (χ2v) is 7.69. The molecule has 2 aromatic rings. The highest BCUT2D eigenvalue weighted by Gasteiger charge is 2.34. The zero-order valence-electron chi connectivity index (χ0n) is 15.5. The summed E-state index contributed by atoms with van der Waals surface area (Å²) < 4.78 is 5.14. The van der Waals surface area contributed by atoms with E-state index in [0.717, 1.165) is 22.8 Å². The molecule has 0 bridgehead atoms. The van der Waals surface area contributed by atoms with Crippen molar-refractivity contribution in [1.82, 2.24) is 10.4 Å². The van der Waals surface area contributed by atoms with Gasteiger partial charge in [-0.1, -0.05) is 30.0 Å². The molecule has 0 aromatic heterocycles. The lowest BCUT2D eigenvalue weighted by Gasteiger charge is -2.15. The Labute approximate surface area is 184 Å². The molecule has 31 heavy (non-hydrogen) atoms. The highest BCUT2D eigenvalue weighted by Crippen LogP contribution is 2.31. The zero-order valence-corrected chi connectivity index (χ0v) is 17.1. The summed E-state index contributed by atoms with van der Waals surface area (Å²) in [6.07, 6.45) is 1.56. The third-order valence-electron chi connectivity index (χ3n) is 3.87. The minimum atomic E-state index is -1.10. The van der Waals surface area contributed by atoms with E-state index in [1.807, 2.05) is 0 Å². The molecular formula is C19H13N3O7S2. The van der Waals surface area contributed by atoms with Crippen LogP contribution in [0.4, 0.5) is 5.69 Å². The number of nitrogens with zero attached hydrogens (tertiary/aromatic N) is 2. The van der Waals surface area contributed by atoms with E-state index < -0.39 is 29.3 Å². The van der Waals surface area contributed by atoms with Gasteiger partial charge in [0.1, 0.15) is 5.75 Å². The van der Waals surface area contributed by atoms with Crippen molar-refractivity contribution in [3.05, 3.63) is 74.7 Å². The fourth-order valence-electron chi connectivity index (χ4n) is 2.45. The Balaban J connectivity index is 1.70. The maximum Gasteiger partial charge on any atom is 0.341 e. The zero-order chi connectivity index (χ0) is 22.5. The van der Waals surface area contributed by atoms with Gasteiger partial charge in [0.05, 0.1) is 9.83 Å². The molecule has 2 aromatic carbocycles. The van der Waals surface area contributed by atoms with E-state index in [2.05, 4.69) is 5.43 Å². The average Bonchev–Trinajstić information content (AvgIpc) is 3.00. The lowest BCUT2D eigenvalue weighted by Crippen LogP contribution is -2.44. The summed E-state index contributed by atoms with van der Waals surface area (Å²) in [5, 5.41) is 20.4. The van der Waals surface area contributed by atoms with Gasteiger partial charge in [0, 0.05) is 17.7 Å². The first-order valence-electron chi connectivity index (χ1n) is 8.52. The van der Waals surface area contributed by atoms with Gasteiger partial charge in [-0.3, -0.25) is 25.1 Å². The van der Waals surface area contributed by atoms with Crippen molar-refractivity contribution in [3.8, 4) is 5.75 Å². The van der Waals surface area contributed by atoms with Crippen molar-refractivity contribution < 1.29 is 29.2 Å². The van der Waals surface area contributed by atoms with Gasteiger partial charge in [0.2, 0.25) is 0 Å². The first kappa shape index (κ1) is 21.9. The van der Waals surface area contributed by atoms with E-state index in [1.54, 1.807) is 30.3 Å². The van der Waals surface area contributed by atoms with Gasteiger partial charge in [0.25, 0.3) is 17.5 Å². The summed E-state index contributed by atoms with van der Waals surface area (Å²) in [4.78, 5) is 46.1. The summed E-state index contributed by atoms with van der Waals surface area (Å²) >= 11 is 6.13. The summed E-state index contributed by atoms with van der Waals surface area (Å²) in [5.41, 5.74) is 2.74. The SMILES string of the molecule is O=C(O)COc1ccc(/C=C2/SC(=S)N(NC(=O)c3cccc([N+](=O)[O-])c3)C2=O)cc1. The number of nitrogens with one attached hydrogen (secondary N) is 1. The lowest BCUT2D eigenvalue weighted by atomic mass is 10.2. The largest absolute Gasteiger partial charge is 0.482 e. The van der Waals surface area contributed by atoms with Crippen LogP contribution >= 0.6 is 24.0 Å². The van der Waals surface area contributed by atoms with Crippen LogP contribution in [0.5, 0.6) is 5.75 Å². The van der Waals surface area contributed by atoms with Crippen molar-refractivity contribution in [2.75, 3.05) is 6.61 Å². The van der Waals surface area contributed by atoms with Crippen molar-refractivity contribution in [3.63, 3.8) is 0 Å². The molecule has 158 valence electrons. The number of carbonyl (C=O) groups excluding carboxylic acids is 2. The van der Waals surface area contributed by atoms with Crippen LogP contribution in [-0.4, -0.2) is 43.7 Å². The van der Waals surface area contributed by atoms with Crippen molar-refractivity contribution in [1.29, 1.82) is 0 Å². The Morgan fingerprint density at radius 2 is 1.97 bits per heavy atom. The maximum atomic E-state index is 12.6. The molecular weight excluding hydrogens is 446 g/mol. The number of thioether (sulfide) groups is 1. The van der Waals surface area contributed by atoms with Gasteiger partial charge >= 0.3 is 5.97 Å². The van der Waals surface area contributed by atoms with Crippen molar-refractivity contribution >= 4 is 57.8 Å². The van der Waals surface area contributed by atoms with Crippen LogP contribution in [-0.2, 0) is 9.59 Å². The van der Waals surface area contributed by atoms with Crippen LogP contribution in [0.2, 0.25) is 0 Å². The number of ether oxygens (including phenoxy) is 1. The molecule has 0 atom stereocenters. The molecule has 0 radical (unpaired) electrons. The van der Waals surface area contributed by atoms with Gasteiger partial charge in [0.15, 0.2) is 10.9 Å². The first-order valence-corrected chi connectivity index (χ1v) is 9.75. The number of amides is 2. The van der Waals surface area contributed by atoms with E-state index >= 15 is 0 Å². The van der Waals surface area contributed by atoms with Gasteiger partial charge in [-0.2, -0.15) is 5.01 Å². The van der Waals surface area contributed by atoms with Gasteiger partial charge < -0.3 is 9.84 Å². The Morgan fingerprint density at radius 3 is 2.61 bits per heavy atom.